The molecule has 20 heavy (non-hydrogen) atoms. The van der Waals surface area contributed by atoms with E-state index in [0.29, 0.717) is 22.9 Å². The lowest BCUT2D eigenvalue weighted by Gasteiger charge is -2.16. The quantitative estimate of drug-likeness (QED) is 0.766. The average Bonchev–Trinajstić information content (AvgIpc) is 2.42. The third-order valence-electron chi connectivity index (χ3n) is 2.96. The number of halogens is 1. The number of nitrogens with one attached hydrogen (secondary N) is 2. The van der Waals surface area contributed by atoms with Crippen LogP contribution in [0.15, 0.2) is 18.2 Å². The van der Waals surface area contributed by atoms with E-state index < -0.39 is 15.3 Å². The molecular weight excluding hydrogens is 300 g/mol. The summed E-state index contributed by atoms with van der Waals surface area (Å²) in [5.74, 6) is 0.569. The maximum absolute atomic E-state index is 12.1. The van der Waals surface area contributed by atoms with E-state index in [4.69, 9.17) is 16.3 Å². The van der Waals surface area contributed by atoms with Crippen molar-refractivity contribution in [2.45, 2.75) is 25.6 Å². The van der Waals surface area contributed by atoms with Gasteiger partial charge in [0.25, 0.3) is 0 Å². The van der Waals surface area contributed by atoms with Crippen molar-refractivity contribution in [2.75, 3.05) is 20.2 Å². The highest BCUT2D eigenvalue weighted by molar-refractivity contribution is 7.90. The molecule has 0 aliphatic heterocycles. The van der Waals surface area contributed by atoms with Gasteiger partial charge in [-0.25, -0.2) is 13.1 Å². The Kier molecular flexibility index (Phi) is 6.75. The molecule has 1 aromatic carbocycles. The van der Waals surface area contributed by atoms with Crippen molar-refractivity contribution in [3.05, 3.63) is 28.8 Å². The molecule has 0 radical (unpaired) electrons. The molecule has 0 heterocycles. The van der Waals surface area contributed by atoms with Crippen LogP contribution in [0.4, 0.5) is 0 Å². The lowest BCUT2D eigenvalue weighted by molar-refractivity contribution is 0.409. The topological polar surface area (TPSA) is 67.4 Å². The van der Waals surface area contributed by atoms with Gasteiger partial charge >= 0.3 is 0 Å². The van der Waals surface area contributed by atoms with Gasteiger partial charge < -0.3 is 10.1 Å². The number of hydrogen-bond acceptors (Lipinski definition) is 4. The summed E-state index contributed by atoms with van der Waals surface area (Å²) in [4.78, 5) is 0. The molecule has 0 aromatic heterocycles. The van der Waals surface area contributed by atoms with Crippen molar-refractivity contribution in [3.63, 3.8) is 0 Å². The molecule has 1 atom stereocenters. The molecule has 0 aliphatic carbocycles. The fraction of sp³-hybridized carbons (Fsp3) is 0.538. The summed E-state index contributed by atoms with van der Waals surface area (Å²) in [7, 11) is -1.87. The lowest BCUT2D eigenvalue weighted by Crippen LogP contribution is -2.38. The third kappa shape index (κ3) is 4.63. The van der Waals surface area contributed by atoms with Crippen molar-refractivity contribution in [1.82, 2.24) is 10.0 Å². The van der Waals surface area contributed by atoms with Crippen LogP contribution in [0.3, 0.4) is 0 Å². The van der Waals surface area contributed by atoms with Crippen LogP contribution in [0, 0.1) is 0 Å². The summed E-state index contributed by atoms with van der Waals surface area (Å²) >= 11 is 6.07. The van der Waals surface area contributed by atoms with Crippen LogP contribution in [-0.2, 0) is 16.6 Å². The Balaban J connectivity index is 2.76. The first-order chi connectivity index (χ1) is 9.42. The first-order valence-corrected chi connectivity index (χ1v) is 8.35. The molecule has 0 spiro atoms. The van der Waals surface area contributed by atoms with Crippen LogP contribution in [0.2, 0.25) is 5.02 Å². The van der Waals surface area contributed by atoms with Gasteiger partial charge in [0.15, 0.2) is 0 Å². The molecule has 1 unspecified atom stereocenters. The minimum absolute atomic E-state index is 0.113. The zero-order chi connectivity index (χ0) is 15.2. The second kappa shape index (κ2) is 7.83. The summed E-state index contributed by atoms with van der Waals surface area (Å²) in [6.07, 6.45) is 0. The monoisotopic (exact) mass is 320 g/mol. The molecule has 5 nitrogen and oxygen atoms in total. The Hall–Kier alpha value is -0.820. The average molecular weight is 321 g/mol. The van der Waals surface area contributed by atoms with Crippen LogP contribution >= 0.6 is 11.6 Å². The standard InChI is InChI=1S/C13H21ClN2O3S/c1-4-15-8-10(2)20(17,18)16-9-11-12(14)6-5-7-13(11)19-3/h5-7,10,15-16H,4,8-9H2,1-3H3. The number of sulfonamides is 1. The zero-order valence-corrected chi connectivity index (χ0v) is 13.5. The highest BCUT2D eigenvalue weighted by atomic mass is 35.5. The highest BCUT2D eigenvalue weighted by Crippen LogP contribution is 2.26. The SMILES string of the molecule is CCNCC(C)S(=O)(=O)NCc1c(Cl)cccc1OC. The third-order valence-corrected chi connectivity index (χ3v) is 5.08. The van der Waals surface area contributed by atoms with Crippen molar-refractivity contribution in [3.8, 4) is 5.75 Å². The van der Waals surface area contributed by atoms with Gasteiger partial charge in [0.05, 0.1) is 12.4 Å². The number of rotatable bonds is 8. The largest absolute Gasteiger partial charge is 0.496 e. The Morgan fingerprint density at radius 2 is 2.10 bits per heavy atom. The summed E-state index contributed by atoms with van der Waals surface area (Å²) in [5, 5.41) is 2.98. The molecule has 2 N–H and O–H groups in total. The number of ether oxygens (including phenoxy) is 1. The van der Waals surface area contributed by atoms with Crippen molar-refractivity contribution in [1.29, 1.82) is 0 Å². The highest BCUT2D eigenvalue weighted by Gasteiger charge is 2.20. The van der Waals surface area contributed by atoms with E-state index >= 15 is 0 Å². The first-order valence-electron chi connectivity index (χ1n) is 6.43. The minimum Gasteiger partial charge on any atom is -0.496 e. The van der Waals surface area contributed by atoms with E-state index in [1.54, 1.807) is 25.1 Å². The Bertz CT molecular complexity index is 534. The van der Waals surface area contributed by atoms with E-state index in [1.165, 1.54) is 7.11 Å². The van der Waals surface area contributed by atoms with Gasteiger partial charge in [-0.15, -0.1) is 0 Å². The van der Waals surface area contributed by atoms with Gasteiger partial charge in [0.2, 0.25) is 10.0 Å². The normalized spacial score (nSPS) is 13.2. The molecule has 114 valence electrons. The molecule has 7 heteroatoms. The predicted octanol–water partition coefficient (Wildman–Crippen LogP) is 1.77. The van der Waals surface area contributed by atoms with Gasteiger partial charge in [0.1, 0.15) is 5.75 Å². The molecule has 0 fully saturated rings. The molecule has 0 amide bonds. The second-order valence-electron chi connectivity index (χ2n) is 4.41. The summed E-state index contributed by atoms with van der Waals surface area (Å²) < 4.78 is 31.9. The van der Waals surface area contributed by atoms with E-state index in [2.05, 4.69) is 10.0 Å². The lowest BCUT2D eigenvalue weighted by atomic mass is 10.2. The van der Waals surface area contributed by atoms with Crippen LogP contribution in [0.25, 0.3) is 0 Å². The number of methoxy groups -OCH3 is 1. The summed E-state index contributed by atoms with van der Waals surface area (Å²) in [6, 6.07) is 5.21. The van der Waals surface area contributed by atoms with Crippen LogP contribution in [0.5, 0.6) is 5.75 Å². The maximum Gasteiger partial charge on any atom is 0.215 e. The fourth-order valence-electron chi connectivity index (χ4n) is 1.67. The van der Waals surface area contributed by atoms with Gasteiger partial charge in [-0.3, -0.25) is 0 Å². The van der Waals surface area contributed by atoms with E-state index in [0.717, 1.165) is 6.54 Å². The summed E-state index contributed by atoms with van der Waals surface area (Å²) in [6.45, 7) is 4.85. The number of benzene rings is 1. The summed E-state index contributed by atoms with van der Waals surface area (Å²) in [5.41, 5.74) is 0.635. The Labute approximate surface area is 125 Å². The molecule has 0 saturated carbocycles. The van der Waals surface area contributed by atoms with Gasteiger partial charge in [-0.1, -0.05) is 24.6 Å². The van der Waals surface area contributed by atoms with Gasteiger partial charge in [-0.2, -0.15) is 0 Å². The van der Waals surface area contributed by atoms with Crippen molar-refractivity contribution < 1.29 is 13.2 Å². The molecule has 0 aliphatic rings. The molecule has 1 aromatic rings. The molecular formula is C13H21ClN2O3S. The van der Waals surface area contributed by atoms with E-state index in [1.807, 2.05) is 6.92 Å². The van der Waals surface area contributed by atoms with Crippen LogP contribution < -0.4 is 14.8 Å². The van der Waals surface area contributed by atoms with E-state index in [-0.39, 0.29) is 6.54 Å². The fourth-order valence-corrected chi connectivity index (χ4v) is 2.87. The Morgan fingerprint density at radius 1 is 1.40 bits per heavy atom. The maximum atomic E-state index is 12.1. The van der Waals surface area contributed by atoms with E-state index in [9.17, 15) is 8.42 Å². The van der Waals surface area contributed by atoms with Crippen LogP contribution in [0.1, 0.15) is 19.4 Å². The second-order valence-corrected chi connectivity index (χ2v) is 7.00. The van der Waals surface area contributed by atoms with Crippen molar-refractivity contribution in [2.24, 2.45) is 0 Å². The predicted molar refractivity (Wildman–Crippen MR) is 81.8 cm³/mol. The molecule has 0 saturated heterocycles. The smallest absolute Gasteiger partial charge is 0.215 e. The van der Waals surface area contributed by atoms with Crippen LogP contribution in [-0.4, -0.2) is 33.9 Å². The van der Waals surface area contributed by atoms with Gasteiger partial charge in [0, 0.05) is 23.7 Å². The molecule has 0 bridgehead atoms. The first kappa shape index (κ1) is 17.2. The zero-order valence-electron chi connectivity index (χ0n) is 11.9. The number of hydrogen-bond donors (Lipinski definition) is 2. The Morgan fingerprint density at radius 3 is 2.70 bits per heavy atom. The molecule has 1 rings (SSSR count). The minimum atomic E-state index is -3.40. The van der Waals surface area contributed by atoms with Crippen molar-refractivity contribution >= 4 is 21.6 Å². The van der Waals surface area contributed by atoms with Gasteiger partial charge in [-0.05, 0) is 25.6 Å².